The Morgan fingerprint density at radius 3 is 2.35 bits per heavy atom. The summed E-state index contributed by atoms with van der Waals surface area (Å²) in [6, 6.07) is 7.03. The number of carbonyl (C=O) groups excluding carboxylic acids is 2. The molecule has 0 radical (unpaired) electrons. The van der Waals surface area contributed by atoms with Crippen LogP contribution in [0.2, 0.25) is 0 Å². The Kier molecular flexibility index (Phi) is 4.94. The summed E-state index contributed by atoms with van der Waals surface area (Å²) in [5.74, 6) is 0.338. The topological polar surface area (TPSA) is 52.6 Å². The lowest BCUT2D eigenvalue weighted by Gasteiger charge is -2.03. The third kappa shape index (κ3) is 3.75. The number of esters is 1. The van der Waals surface area contributed by atoms with Gasteiger partial charge in [0.2, 0.25) is 0 Å². The van der Waals surface area contributed by atoms with E-state index in [-0.39, 0.29) is 12.4 Å². The molecule has 0 heterocycles. The summed E-state index contributed by atoms with van der Waals surface area (Å²) in [5, 5.41) is 0. The van der Waals surface area contributed by atoms with E-state index in [1.807, 2.05) is 0 Å². The first-order valence-corrected chi connectivity index (χ1v) is 5.08. The smallest absolute Gasteiger partial charge is 0.309 e. The van der Waals surface area contributed by atoms with Crippen LogP contribution >= 0.6 is 0 Å². The summed E-state index contributed by atoms with van der Waals surface area (Å²) in [6.07, 6.45) is 2.34. The number of carbonyl (C=O) groups is 2. The molecular formula is C13H14O4. The highest BCUT2D eigenvalue weighted by Crippen LogP contribution is 2.17. The second-order valence-electron chi connectivity index (χ2n) is 3.29. The van der Waals surface area contributed by atoms with Crippen molar-refractivity contribution in [2.75, 3.05) is 14.2 Å². The summed E-state index contributed by atoms with van der Waals surface area (Å²) in [7, 11) is 2.88. The maximum Gasteiger partial charge on any atom is 0.309 e. The number of allylic oxidation sites excluding steroid dienone is 1. The fourth-order valence-corrected chi connectivity index (χ4v) is 1.29. The number of benzene rings is 1. The zero-order chi connectivity index (χ0) is 12.7. The molecule has 0 aliphatic carbocycles. The van der Waals surface area contributed by atoms with E-state index in [0.717, 1.165) is 5.56 Å². The van der Waals surface area contributed by atoms with Crippen molar-refractivity contribution >= 4 is 17.8 Å². The summed E-state index contributed by atoms with van der Waals surface area (Å²) in [4.78, 5) is 21.9. The summed E-state index contributed by atoms with van der Waals surface area (Å²) in [5.41, 5.74) is 1.20. The normalized spacial score (nSPS) is 10.8. The van der Waals surface area contributed by atoms with Crippen LogP contribution in [0.25, 0.3) is 5.57 Å². The Morgan fingerprint density at radius 2 is 1.88 bits per heavy atom. The lowest BCUT2D eigenvalue weighted by atomic mass is 10.1. The Labute approximate surface area is 99.8 Å². The first kappa shape index (κ1) is 13.0. The van der Waals surface area contributed by atoms with Crippen molar-refractivity contribution in [3.05, 3.63) is 35.9 Å². The van der Waals surface area contributed by atoms with Gasteiger partial charge >= 0.3 is 5.97 Å². The average Bonchev–Trinajstić information content (AvgIpc) is 2.39. The van der Waals surface area contributed by atoms with Gasteiger partial charge in [-0.3, -0.25) is 9.59 Å². The molecule has 1 aromatic carbocycles. The highest BCUT2D eigenvalue weighted by molar-refractivity contribution is 6.07. The van der Waals surface area contributed by atoms with Crippen molar-refractivity contribution in [2.45, 2.75) is 6.42 Å². The van der Waals surface area contributed by atoms with E-state index in [0.29, 0.717) is 17.6 Å². The van der Waals surface area contributed by atoms with Crippen molar-refractivity contribution in [1.29, 1.82) is 0 Å². The highest BCUT2D eigenvalue weighted by atomic mass is 16.5. The summed E-state index contributed by atoms with van der Waals surface area (Å²) < 4.78 is 9.51. The molecule has 1 aromatic rings. The maximum atomic E-state index is 11.0. The van der Waals surface area contributed by atoms with E-state index >= 15 is 0 Å². The van der Waals surface area contributed by atoms with Gasteiger partial charge in [-0.05, 0) is 17.7 Å². The first-order chi connectivity index (χ1) is 8.21. The van der Waals surface area contributed by atoms with Crippen LogP contribution in [0.15, 0.2) is 30.3 Å². The Bertz CT molecular complexity index is 418. The summed E-state index contributed by atoms with van der Waals surface area (Å²) >= 11 is 0. The van der Waals surface area contributed by atoms with Crippen molar-refractivity contribution in [3.8, 4) is 5.75 Å². The van der Waals surface area contributed by atoms with E-state index in [4.69, 9.17) is 4.74 Å². The predicted octanol–water partition coefficient (Wildman–Crippen LogP) is 1.84. The second kappa shape index (κ2) is 6.48. The van der Waals surface area contributed by atoms with Crippen molar-refractivity contribution in [3.63, 3.8) is 0 Å². The second-order valence-corrected chi connectivity index (χ2v) is 3.29. The minimum atomic E-state index is -0.377. The van der Waals surface area contributed by atoms with Crippen LogP contribution in [0.5, 0.6) is 5.75 Å². The van der Waals surface area contributed by atoms with Gasteiger partial charge in [0.15, 0.2) is 0 Å². The monoisotopic (exact) mass is 234 g/mol. The van der Waals surface area contributed by atoms with Gasteiger partial charge in [0.05, 0.1) is 20.6 Å². The third-order valence-corrected chi connectivity index (χ3v) is 2.27. The minimum Gasteiger partial charge on any atom is -0.497 e. The van der Waals surface area contributed by atoms with Crippen LogP contribution in [0.4, 0.5) is 0 Å². The Hall–Kier alpha value is -2.10. The SMILES string of the molecule is COC(=O)CC=C(C=O)c1ccc(OC)cc1. The van der Waals surface area contributed by atoms with Gasteiger partial charge in [0, 0.05) is 5.57 Å². The zero-order valence-electron chi connectivity index (χ0n) is 9.80. The van der Waals surface area contributed by atoms with E-state index in [1.54, 1.807) is 37.5 Å². The molecule has 0 saturated carbocycles. The molecule has 0 aromatic heterocycles. The van der Waals surface area contributed by atoms with E-state index in [1.165, 1.54) is 7.11 Å². The Balaban J connectivity index is 2.85. The van der Waals surface area contributed by atoms with Crippen LogP contribution in [0.3, 0.4) is 0 Å². The fourth-order valence-electron chi connectivity index (χ4n) is 1.29. The standard InChI is InChI=1S/C13H14O4/c1-16-12-6-3-10(4-7-12)11(9-14)5-8-13(15)17-2/h3-7,9H,8H2,1-2H3. The van der Waals surface area contributed by atoms with Gasteiger partial charge < -0.3 is 9.47 Å². The van der Waals surface area contributed by atoms with Crippen LogP contribution in [-0.2, 0) is 14.3 Å². The molecule has 1 rings (SSSR count). The number of rotatable bonds is 5. The number of hydrogen-bond acceptors (Lipinski definition) is 4. The van der Waals surface area contributed by atoms with Crippen LogP contribution in [0.1, 0.15) is 12.0 Å². The van der Waals surface area contributed by atoms with Gasteiger partial charge in [-0.2, -0.15) is 0 Å². The molecule has 4 heteroatoms. The van der Waals surface area contributed by atoms with Crippen LogP contribution in [0, 0.1) is 0 Å². The molecule has 0 atom stereocenters. The molecule has 90 valence electrons. The van der Waals surface area contributed by atoms with Crippen LogP contribution < -0.4 is 4.74 Å². The van der Waals surface area contributed by atoms with E-state index in [9.17, 15) is 9.59 Å². The predicted molar refractivity (Wildman–Crippen MR) is 63.7 cm³/mol. The molecular weight excluding hydrogens is 220 g/mol. The van der Waals surface area contributed by atoms with Gasteiger partial charge in [-0.15, -0.1) is 0 Å². The van der Waals surface area contributed by atoms with Crippen LogP contribution in [-0.4, -0.2) is 26.5 Å². The molecule has 4 nitrogen and oxygen atoms in total. The molecule has 0 bridgehead atoms. The zero-order valence-corrected chi connectivity index (χ0v) is 9.80. The lowest BCUT2D eigenvalue weighted by molar-refractivity contribution is -0.139. The van der Waals surface area contributed by atoms with E-state index in [2.05, 4.69) is 4.74 Å². The first-order valence-electron chi connectivity index (χ1n) is 5.08. The van der Waals surface area contributed by atoms with Gasteiger partial charge in [-0.25, -0.2) is 0 Å². The summed E-state index contributed by atoms with van der Waals surface area (Å²) in [6.45, 7) is 0. The number of hydrogen-bond donors (Lipinski definition) is 0. The Morgan fingerprint density at radius 1 is 1.24 bits per heavy atom. The molecule has 0 amide bonds. The maximum absolute atomic E-state index is 11.0. The lowest BCUT2D eigenvalue weighted by Crippen LogP contribution is -1.98. The molecule has 0 aliphatic rings. The molecule has 0 N–H and O–H groups in total. The number of ether oxygens (including phenoxy) is 2. The minimum absolute atomic E-state index is 0.0800. The number of aldehydes is 1. The largest absolute Gasteiger partial charge is 0.497 e. The van der Waals surface area contributed by atoms with Gasteiger partial charge in [0.25, 0.3) is 0 Å². The van der Waals surface area contributed by atoms with E-state index < -0.39 is 0 Å². The van der Waals surface area contributed by atoms with Crippen molar-refractivity contribution in [1.82, 2.24) is 0 Å². The molecule has 0 saturated heterocycles. The van der Waals surface area contributed by atoms with Gasteiger partial charge in [-0.1, -0.05) is 18.2 Å². The molecule has 17 heavy (non-hydrogen) atoms. The van der Waals surface area contributed by atoms with Crippen molar-refractivity contribution in [2.24, 2.45) is 0 Å². The van der Waals surface area contributed by atoms with Crippen molar-refractivity contribution < 1.29 is 19.1 Å². The van der Waals surface area contributed by atoms with Gasteiger partial charge in [0.1, 0.15) is 12.0 Å². The quantitative estimate of drug-likeness (QED) is 0.443. The average molecular weight is 234 g/mol. The fraction of sp³-hybridized carbons (Fsp3) is 0.231. The highest BCUT2D eigenvalue weighted by Gasteiger charge is 2.03. The third-order valence-electron chi connectivity index (χ3n) is 2.27. The molecule has 0 spiro atoms. The molecule has 0 fully saturated rings. The number of methoxy groups -OCH3 is 2. The molecule has 0 unspecified atom stereocenters. The molecule has 0 aliphatic heterocycles.